The maximum Gasteiger partial charge on any atom is 0.312 e. The van der Waals surface area contributed by atoms with Crippen molar-refractivity contribution in [2.45, 2.75) is 18.3 Å². The van der Waals surface area contributed by atoms with Crippen molar-refractivity contribution in [2.75, 3.05) is 20.3 Å². The Balaban J connectivity index is 2.07. The summed E-state index contributed by atoms with van der Waals surface area (Å²) in [6.45, 7) is 1.20. The van der Waals surface area contributed by atoms with Crippen molar-refractivity contribution in [3.05, 3.63) is 34.3 Å². The third kappa shape index (κ3) is 1.42. The molecule has 0 aromatic heterocycles. The molecule has 96 valence electrons. The summed E-state index contributed by atoms with van der Waals surface area (Å²) in [6, 6.07) is 8.09. The maximum absolute atomic E-state index is 12.1. The van der Waals surface area contributed by atoms with Crippen LogP contribution in [0.25, 0.3) is 0 Å². The first-order valence-electron chi connectivity index (χ1n) is 6.07. The molecule has 3 rings (SSSR count). The smallest absolute Gasteiger partial charge is 0.312 e. The Kier molecular flexibility index (Phi) is 2.75. The Bertz CT molecular complexity index is 490. The minimum absolute atomic E-state index is 0.0958. The van der Waals surface area contributed by atoms with E-state index < -0.39 is 0 Å². The molecule has 1 saturated heterocycles. The predicted octanol–water partition coefficient (Wildman–Crippen LogP) is 2.67. The van der Waals surface area contributed by atoms with E-state index in [1.54, 1.807) is 0 Å². The van der Waals surface area contributed by atoms with Crippen LogP contribution in [0, 0.1) is 5.41 Å². The molecule has 0 spiro atoms. The predicted molar refractivity (Wildman–Crippen MR) is 70.3 cm³/mol. The van der Waals surface area contributed by atoms with Gasteiger partial charge < -0.3 is 9.47 Å². The number of rotatable bonds is 3. The number of carbonyl (C=O) groups is 1. The number of hydrogen-bond acceptors (Lipinski definition) is 3. The van der Waals surface area contributed by atoms with E-state index in [2.05, 4.69) is 22.0 Å². The van der Waals surface area contributed by atoms with Crippen LogP contribution in [0.3, 0.4) is 0 Å². The first kappa shape index (κ1) is 12.2. The zero-order valence-electron chi connectivity index (χ0n) is 10.2. The van der Waals surface area contributed by atoms with Gasteiger partial charge in [0.05, 0.1) is 31.2 Å². The average Bonchev–Trinajstić information content (AvgIpc) is 3.11. The molecular formula is C14H15BrO3. The van der Waals surface area contributed by atoms with E-state index >= 15 is 0 Å². The molecule has 4 heteroatoms. The minimum Gasteiger partial charge on any atom is -0.469 e. The second-order valence-electron chi connectivity index (χ2n) is 5.13. The Hall–Kier alpha value is -0.870. The van der Waals surface area contributed by atoms with Crippen LogP contribution >= 0.6 is 15.9 Å². The standard InChI is InChI=1S/C14H15BrO3/c1-17-12(16)13(6-7-13)14(8-18-9-14)10-4-2-3-5-11(10)15/h2-5H,6-9H2,1H3. The van der Waals surface area contributed by atoms with Crippen molar-refractivity contribution in [1.82, 2.24) is 0 Å². The highest BCUT2D eigenvalue weighted by molar-refractivity contribution is 9.10. The number of methoxy groups -OCH3 is 1. The fourth-order valence-corrected chi connectivity index (χ4v) is 3.71. The Labute approximate surface area is 115 Å². The van der Waals surface area contributed by atoms with Gasteiger partial charge in [0.15, 0.2) is 0 Å². The number of halogens is 1. The summed E-state index contributed by atoms with van der Waals surface area (Å²) in [5.41, 5.74) is 0.587. The molecule has 0 amide bonds. The van der Waals surface area contributed by atoms with Crippen LogP contribution in [0.2, 0.25) is 0 Å². The van der Waals surface area contributed by atoms with Crippen LogP contribution in [0.5, 0.6) is 0 Å². The first-order chi connectivity index (χ1) is 8.66. The van der Waals surface area contributed by atoms with E-state index in [4.69, 9.17) is 9.47 Å². The number of benzene rings is 1. The quantitative estimate of drug-likeness (QED) is 0.805. The van der Waals surface area contributed by atoms with E-state index in [0.717, 1.165) is 17.3 Å². The van der Waals surface area contributed by atoms with Gasteiger partial charge in [-0.1, -0.05) is 34.1 Å². The van der Waals surface area contributed by atoms with Crippen LogP contribution in [0.1, 0.15) is 18.4 Å². The second-order valence-corrected chi connectivity index (χ2v) is 5.98. The summed E-state index contributed by atoms with van der Waals surface area (Å²) in [4.78, 5) is 12.1. The Morgan fingerprint density at radius 1 is 1.33 bits per heavy atom. The fraction of sp³-hybridized carbons (Fsp3) is 0.500. The molecule has 0 N–H and O–H groups in total. The van der Waals surface area contributed by atoms with Gasteiger partial charge >= 0.3 is 5.97 Å². The first-order valence-corrected chi connectivity index (χ1v) is 6.87. The zero-order valence-corrected chi connectivity index (χ0v) is 11.8. The second kappa shape index (κ2) is 4.07. The average molecular weight is 311 g/mol. The molecule has 0 radical (unpaired) electrons. The van der Waals surface area contributed by atoms with Gasteiger partial charge in [-0.05, 0) is 24.5 Å². The largest absolute Gasteiger partial charge is 0.469 e. The highest BCUT2D eigenvalue weighted by Gasteiger charge is 2.69. The fourth-order valence-electron chi connectivity index (χ4n) is 3.04. The Morgan fingerprint density at radius 2 is 2.00 bits per heavy atom. The molecule has 1 heterocycles. The van der Waals surface area contributed by atoms with Gasteiger partial charge in [0.2, 0.25) is 0 Å². The van der Waals surface area contributed by atoms with E-state index in [1.165, 1.54) is 12.7 Å². The summed E-state index contributed by atoms with van der Waals surface area (Å²) in [7, 11) is 1.47. The SMILES string of the molecule is COC(=O)C1(C2(c3ccccc3Br)COC2)CC1. The number of esters is 1. The van der Waals surface area contributed by atoms with Gasteiger partial charge in [0.1, 0.15) is 0 Å². The lowest BCUT2D eigenvalue weighted by atomic mass is 9.66. The van der Waals surface area contributed by atoms with Crippen molar-refractivity contribution >= 4 is 21.9 Å². The molecule has 1 aliphatic heterocycles. The van der Waals surface area contributed by atoms with Crippen molar-refractivity contribution in [3.8, 4) is 0 Å². The number of ether oxygens (including phenoxy) is 2. The summed E-state index contributed by atoms with van der Waals surface area (Å²) in [5.74, 6) is -0.0958. The third-order valence-electron chi connectivity index (χ3n) is 4.33. The lowest BCUT2D eigenvalue weighted by Crippen LogP contribution is -2.56. The molecule has 0 unspecified atom stereocenters. The van der Waals surface area contributed by atoms with E-state index in [0.29, 0.717) is 13.2 Å². The van der Waals surface area contributed by atoms with E-state index in [-0.39, 0.29) is 16.8 Å². The molecule has 0 atom stereocenters. The number of hydrogen-bond donors (Lipinski definition) is 0. The van der Waals surface area contributed by atoms with Gasteiger partial charge in [-0.25, -0.2) is 0 Å². The van der Waals surface area contributed by atoms with Crippen LogP contribution in [0.4, 0.5) is 0 Å². The summed E-state index contributed by atoms with van der Waals surface area (Å²) >= 11 is 3.59. The number of carbonyl (C=O) groups excluding carboxylic acids is 1. The molecule has 0 bridgehead atoms. The van der Waals surface area contributed by atoms with Crippen molar-refractivity contribution < 1.29 is 14.3 Å². The highest BCUT2D eigenvalue weighted by Crippen LogP contribution is 2.63. The van der Waals surface area contributed by atoms with Crippen molar-refractivity contribution in [3.63, 3.8) is 0 Å². The molecule has 1 aromatic rings. The zero-order chi connectivity index (χ0) is 12.8. The van der Waals surface area contributed by atoms with Gasteiger partial charge in [0.25, 0.3) is 0 Å². The molecule has 18 heavy (non-hydrogen) atoms. The molecule has 1 aliphatic carbocycles. The van der Waals surface area contributed by atoms with Crippen molar-refractivity contribution in [2.24, 2.45) is 5.41 Å². The monoisotopic (exact) mass is 310 g/mol. The van der Waals surface area contributed by atoms with E-state index in [9.17, 15) is 4.79 Å². The van der Waals surface area contributed by atoms with Crippen LogP contribution in [-0.4, -0.2) is 26.3 Å². The normalized spacial score (nSPS) is 23.0. The lowest BCUT2D eigenvalue weighted by Gasteiger charge is -2.47. The Morgan fingerprint density at radius 3 is 2.44 bits per heavy atom. The van der Waals surface area contributed by atoms with Gasteiger partial charge in [-0.15, -0.1) is 0 Å². The molecule has 3 nitrogen and oxygen atoms in total. The molecule has 2 fully saturated rings. The molecular weight excluding hydrogens is 296 g/mol. The van der Waals surface area contributed by atoms with Gasteiger partial charge in [-0.3, -0.25) is 4.79 Å². The minimum atomic E-state index is -0.371. The topological polar surface area (TPSA) is 35.5 Å². The molecule has 1 aromatic carbocycles. The summed E-state index contributed by atoms with van der Waals surface area (Å²) in [5, 5.41) is 0. The highest BCUT2D eigenvalue weighted by atomic mass is 79.9. The van der Waals surface area contributed by atoms with Crippen LogP contribution in [0.15, 0.2) is 28.7 Å². The van der Waals surface area contributed by atoms with Gasteiger partial charge in [-0.2, -0.15) is 0 Å². The molecule has 1 saturated carbocycles. The molecule has 2 aliphatic rings. The van der Waals surface area contributed by atoms with Crippen molar-refractivity contribution in [1.29, 1.82) is 0 Å². The lowest BCUT2D eigenvalue weighted by molar-refractivity contribution is -0.164. The summed E-state index contributed by atoms with van der Waals surface area (Å²) < 4.78 is 11.5. The van der Waals surface area contributed by atoms with Gasteiger partial charge in [0, 0.05) is 4.47 Å². The summed E-state index contributed by atoms with van der Waals surface area (Å²) in [6.07, 6.45) is 1.79. The maximum atomic E-state index is 12.1. The van der Waals surface area contributed by atoms with Crippen LogP contribution in [-0.2, 0) is 19.7 Å². The van der Waals surface area contributed by atoms with E-state index in [1.807, 2.05) is 18.2 Å². The van der Waals surface area contributed by atoms with Crippen LogP contribution < -0.4 is 0 Å². The third-order valence-corrected chi connectivity index (χ3v) is 5.02.